The van der Waals surface area contributed by atoms with Gasteiger partial charge in [0.1, 0.15) is 11.9 Å². The molecule has 0 aliphatic carbocycles. The summed E-state index contributed by atoms with van der Waals surface area (Å²) in [5.74, 6) is 0.189. The fourth-order valence-corrected chi connectivity index (χ4v) is 1.91. The Bertz CT molecular complexity index is 385. The van der Waals surface area contributed by atoms with Crippen molar-refractivity contribution in [1.82, 2.24) is 0 Å². The van der Waals surface area contributed by atoms with E-state index in [-0.39, 0.29) is 16.9 Å². The second kappa shape index (κ2) is 5.29. The molecule has 4 heteroatoms. The van der Waals surface area contributed by atoms with E-state index in [1.807, 2.05) is 26.8 Å². The van der Waals surface area contributed by atoms with Crippen molar-refractivity contribution >= 4 is 12.6 Å². The highest BCUT2D eigenvalue weighted by Crippen LogP contribution is 2.36. The SMILES string of the molecule is CC(C)(C)c1cccc(C(O)C(O)CS)c1O. The molecule has 0 saturated heterocycles. The predicted molar refractivity (Wildman–Crippen MR) is 71.6 cm³/mol. The lowest BCUT2D eigenvalue weighted by Crippen LogP contribution is -2.21. The number of phenols is 1. The van der Waals surface area contributed by atoms with E-state index in [9.17, 15) is 15.3 Å². The van der Waals surface area contributed by atoms with Crippen LogP contribution in [0.15, 0.2) is 18.2 Å². The van der Waals surface area contributed by atoms with Gasteiger partial charge in [-0.05, 0) is 11.0 Å². The van der Waals surface area contributed by atoms with E-state index in [0.29, 0.717) is 5.56 Å². The number of aliphatic hydroxyl groups excluding tert-OH is 2. The molecule has 0 saturated carbocycles. The lowest BCUT2D eigenvalue weighted by atomic mass is 9.84. The van der Waals surface area contributed by atoms with Crippen LogP contribution < -0.4 is 0 Å². The van der Waals surface area contributed by atoms with Crippen LogP contribution in [0.1, 0.15) is 38.0 Å². The van der Waals surface area contributed by atoms with Gasteiger partial charge in [0.2, 0.25) is 0 Å². The number of thiol groups is 1. The Labute approximate surface area is 108 Å². The van der Waals surface area contributed by atoms with E-state index >= 15 is 0 Å². The summed E-state index contributed by atoms with van der Waals surface area (Å²) in [7, 11) is 0. The molecule has 0 heterocycles. The first-order valence-corrected chi connectivity index (χ1v) is 6.21. The van der Waals surface area contributed by atoms with Gasteiger partial charge in [-0.3, -0.25) is 0 Å². The highest BCUT2D eigenvalue weighted by atomic mass is 32.1. The highest BCUT2D eigenvalue weighted by molar-refractivity contribution is 7.80. The van der Waals surface area contributed by atoms with E-state index in [4.69, 9.17) is 0 Å². The smallest absolute Gasteiger partial charge is 0.125 e. The Morgan fingerprint density at radius 3 is 2.29 bits per heavy atom. The quantitative estimate of drug-likeness (QED) is 0.626. The summed E-state index contributed by atoms with van der Waals surface area (Å²) < 4.78 is 0. The molecule has 1 rings (SSSR count). The lowest BCUT2D eigenvalue weighted by molar-refractivity contribution is 0.0321. The van der Waals surface area contributed by atoms with Crippen LogP contribution in [-0.4, -0.2) is 27.2 Å². The van der Waals surface area contributed by atoms with Crippen molar-refractivity contribution < 1.29 is 15.3 Å². The fourth-order valence-electron chi connectivity index (χ4n) is 1.71. The molecule has 0 aromatic heterocycles. The van der Waals surface area contributed by atoms with Gasteiger partial charge in [-0.2, -0.15) is 12.6 Å². The first kappa shape index (κ1) is 14.4. The predicted octanol–water partition coefficient (Wildman–Crippen LogP) is 2.01. The van der Waals surface area contributed by atoms with Crippen LogP contribution in [0.4, 0.5) is 0 Å². The number of aliphatic hydroxyl groups is 2. The molecule has 0 bridgehead atoms. The minimum atomic E-state index is -1.12. The zero-order chi connectivity index (χ0) is 13.2. The van der Waals surface area contributed by atoms with Gasteiger partial charge in [0, 0.05) is 11.3 Å². The second-order valence-electron chi connectivity index (χ2n) is 5.19. The van der Waals surface area contributed by atoms with Crippen molar-refractivity contribution in [1.29, 1.82) is 0 Å². The zero-order valence-electron chi connectivity index (χ0n) is 10.4. The van der Waals surface area contributed by atoms with Crippen molar-refractivity contribution in [2.24, 2.45) is 0 Å². The van der Waals surface area contributed by atoms with Gasteiger partial charge in [-0.25, -0.2) is 0 Å². The maximum atomic E-state index is 10.1. The number of hydrogen-bond acceptors (Lipinski definition) is 4. The van der Waals surface area contributed by atoms with E-state index in [0.717, 1.165) is 5.56 Å². The Morgan fingerprint density at radius 1 is 1.24 bits per heavy atom. The van der Waals surface area contributed by atoms with E-state index in [1.165, 1.54) is 0 Å². The number of phenolic OH excluding ortho intramolecular Hbond substituents is 1. The molecule has 0 aliphatic heterocycles. The van der Waals surface area contributed by atoms with Gasteiger partial charge in [0.25, 0.3) is 0 Å². The molecule has 0 aliphatic rings. The number of hydrogen-bond donors (Lipinski definition) is 4. The minimum Gasteiger partial charge on any atom is -0.507 e. The third-order valence-corrected chi connectivity index (χ3v) is 3.12. The van der Waals surface area contributed by atoms with Crippen LogP contribution in [0.25, 0.3) is 0 Å². The van der Waals surface area contributed by atoms with Gasteiger partial charge >= 0.3 is 0 Å². The van der Waals surface area contributed by atoms with E-state index in [2.05, 4.69) is 12.6 Å². The zero-order valence-corrected chi connectivity index (χ0v) is 11.3. The molecule has 1 aromatic carbocycles. The van der Waals surface area contributed by atoms with Crippen LogP contribution in [0.5, 0.6) is 5.75 Å². The number of rotatable bonds is 3. The summed E-state index contributed by atoms with van der Waals surface area (Å²) in [5, 5.41) is 29.6. The Kier molecular flexibility index (Phi) is 4.47. The number of benzene rings is 1. The standard InChI is InChI=1S/C13H20O3S/c1-13(2,3)9-6-4-5-8(11(9)15)12(16)10(14)7-17/h4-6,10,12,14-17H,7H2,1-3H3. The largest absolute Gasteiger partial charge is 0.507 e. The van der Waals surface area contributed by atoms with Gasteiger partial charge in [0.05, 0.1) is 6.10 Å². The van der Waals surface area contributed by atoms with E-state index < -0.39 is 12.2 Å². The van der Waals surface area contributed by atoms with Crippen LogP contribution in [0.2, 0.25) is 0 Å². The first-order chi connectivity index (χ1) is 7.79. The highest BCUT2D eigenvalue weighted by Gasteiger charge is 2.25. The summed E-state index contributed by atoms with van der Waals surface area (Å²) in [6.07, 6.45) is -2.10. The molecule has 0 spiro atoms. The molecule has 0 radical (unpaired) electrons. The summed E-state index contributed by atoms with van der Waals surface area (Å²) in [6, 6.07) is 5.20. The lowest BCUT2D eigenvalue weighted by Gasteiger charge is -2.24. The van der Waals surface area contributed by atoms with Gasteiger partial charge in [-0.15, -0.1) is 0 Å². The van der Waals surface area contributed by atoms with Crippen LogP contribution in [0, 0.1) is 0 Å². The van der Waals surface area contributed by atoms with Gasteiger partial charge < -0.3 is 15.3 Å². The maximum Gasteiger partial charge on any atom is 0.125 e. The molecule has 3 nitrogen and oxygen atoms in total. The van der Waals surface area contributed by atoms with Gasteiger partial charge in [-0.1, -0.05) is 39.0 Å². The summed E-state index contributed by atoms with van der Waals surface area (Å²) in [6.45, 7) is 5.94. The summed E-state index contributed by atoms with van der Waals surface area (Å²) in [4.78, 5) is 0. The fraction of sp³-hybridized carbons (Fsp3) is 0.538. The maximum absolute atomic E-state index is 10.1. The molecular weight excluding hydrogens is 236 g/mol. The Hall–Kier alpha value is -0.710. The van der Waals surface area contributed by atoms with Crippen molar-refractivity contribution in [2.45, 2.75) is 38.4 Å². The van der Waals surface area contributed by atoms with E-state index in [1.54, 1.807) is 12.1 Å². The Morgan fingerprint density at radius 2 is 1.82 bits per heavy atom. The van der Waals surface area contributed by atoms with Crippen molar-refractivity contribution in [3.05, 3.63) is 29.3 Å². The molecule has 0 amide bonds. The monoisotopic (exact) mass is 256 g/mol. The molecule has 0 fully saturated rings. The first-order valence-electron chi connectivity index (χ1n) is 5.58. The third-order valence-electron chi connectivity index (χ3n) is 2.75. The van der Waals surface area contributed by atoms with Crippen molar-refractivity contribution in [3.63, 3.8) is 0 Å². The topological polar surface area (TPSA) is 60.7 Å². The summed E-state index contributed by atoms with van der Waals surface area (Å²) in [5.41, 5.74) is 0.880. The molecular formula is C13H20O3S. The van der Waals surface area contributed by atoms with Gasteiger partial charge in [0.15, 0.2) is 0 Å². The Balaban J connectivity index is 3.19. The molecule has 3 N–H and O–H groups in total. The van der Waals surface area contributed by atoms with Crippen molar-refractivity contribution in [3.8, 4) is 5.75 Å². The molecule has 17 heavy (non-hydrogen) atoms. The van der Waals surface area contributed by atoms with Crippen LogP contribution >= 0.6 is 12.6 Å². The normalized spacial score (nSPS) is 15.6. The number of aromatic hydroxyl groups is 1. The second-order valence-corrected chi connectivity index (χ2v) is 5.55. The minimum absolute atomic E-state index is 0.0494. The van der Waals surface area contributed by atoms with Crippen molar-refractivity contribution in [2.75, 3.05) is 5.75 Å². The van der Waals surface area contributed by atoms with Crippen LogP contribution in [-0.2, 0) is 5.41 Å². The average molecular weight is 256 g/mol. The molecule has 1 aromatic rings. The summed E-state index contributed by atoms with van der Waals surface area (Å²) >= 11 is 3.93. The average Bonchev–Trinajstić information content (AvgIpc) is 2.25. The molecule has 2 unspecified atom stereocenters. The molecule has 2 atom stereocenters. The molecule has 96 valence electrons. The third kappa shape index (κ3) is 3.15. The van der Waals surface area contributed by atoms with Crippen LogP contribution in [0.3, 0.4) is 0 Å². The number of para-hydroxylation sites is 1.